The van der Waals surface area contributed by atoms with E-state index in [9.17, 15) is 0 Å². The zero-order chi connectivity index (χ0) is 13.5. The molecule has 1 heterocycles. The maximum Gasteiger partial charge on any atom is 0.126 e. The fraction of sp³-hybridized carbons (Fsp3) is 0.438. The first kappa shape index (κ1) is 13.8. The maximum absolute atomic E-state index is 5.66. The van der Waals surface area contributed by atoms with Gasteiger partial charge < -0.3 is 11.1 Å². The van der Waals surface area contributed by atoms with E-state index in [4.69, 9.17) is 5.73 Å². The molecule has 0 aliphatic carbocycles. The number of nitrogens with one attached hydrogen (secondary N) is 1. The van der Waals surface area contributed by atoms with Crippen LogP contribution in [0.4, 0.5) is 5.82 Å². The van der Waals surface area contributed by atoms with Gasteiger partial charge in [0.2, 0.25) is 0 Å². The van der Waals surface area contributed by atoms with Crippen LogP contribution in [0.15, 0.2) is 36.4 Å². The van der Waals surface area contributed by atoms with Crippen molar-refractivity contribution in [3.8, 4) is 0 Å². The smallest absolute Gasteiger partial charge is 0.126 e. The quantitative estimate of drug-likeness (QED) is 0.799. The highest BCUT2D eigenvalue weighted by molar-refractivity contribution is 5.79. The molecular formula is C16H23N3. The third-order valence-corrected chi connectivity index (χ3v) is 3.44. The molecule has 0 spiro atoms. The van der Waals surface area contributed by atoms with Crippen LogP contribution in [0.5, 0.6) is 0 Å². The first-order valence-corrected chi connectivity index (χ1v) is 7.13. The molecule has 2 aromatic rings. The lowest BCUT2D eigenvalue weighted by Gasteiger charge is -2.16. The summed E-state index contributed by atoms with van der Waals surface area (Å²) in [4.78, 5) is 4.63. The van der Waals surface area contributed by atoms with Crippen molar-refractivity contribution in [1.29, 1.82) is 0 Å². The second kappa shape index (κ2) is 7.10. The van der Waals surface area contributed by atoms with Crippen LogP contribution in [0, 0.1) is 5.92 Å². The average molecular weight is 257 g/mol. The van der Waals surface area contributed by atoms with Crippen molar-refractivity contribution in [1.82, 2.24) is 4.98 Å². The Morgan fingerprint density at radius 1 is 1.16 bits per heavy atom. The molecule has 1 aromatic carbocycles. The third-order valence-electron chi connectivity index (χ3n) is 3.44. The van der Waals surface area contributed by atoms with Gasteiger partial charge in [0.15, 0.2) is 0 Å². The van der Waals surface area contributed by atoms with E-state index >= 15 is 0 Å². The summed E-state index contributed by atoms with van der Waals surface area (Å²) in [6.45, 7) is 3.94. The fourth-order valence-electron chi connectivity index (χ4n) is 2.41. The summed E-state index contributed by atoms with van der Waals surface area (Å²) in [6, 6.07) is 12.4. The van der Waals surface area contributed by atoms with Crippen LogP contribution in [0.1, 0.15) is 26.2 Å². The number of benzene rings is 1. The summed E-state index contributed by atoms with van der Waals surface area (Å²) in [5, 5.41) is 4.62. The minimum absolute atomic E-state index is 0.642. The van der Waals surface area contributed by atoms with Gasteiger partial charge in [0.25, 0.3) is 0 Å². The van der Waals surface area contributed by atoms with Crippen LogP contribution in [0.3, 0.4) is 0 Å². The number of nitrogens with zero attached hydrogens (tertiary/aromatic N) is 1. The highest BCUT2D eigenvalue weighted by Gasteiger charge is 2.07. The number of fused-ring (bicyclic) bond motifs is 1. The lowest BCUT2D eigenvalue weighted by Crippen LogP contribution is -2.18. The van der Waals surface area contributed by atoms with Crippen LogP contribution in [0.25, 0.3) is 10.9 Å². The summed E-state index contributed by atoms with van der Waals surface area (Å²) in [5.74, 6) is 1.60. The standard InChI is InChI=1S/C16H23N3/c1-2-5-13(10-11-17)12-18-16-9-8-14-6-3-4-7-15(14)19-16/h3-4,6-9,13H,2,5,10-12,17H2,1H3,(H,18,19). The van der Waals surface area contributed by atoms with Crippen molar-refractivity contribution in [2.24, 2.45) is 11.7 Å². The minimum atomic E-state index is 0.642. The molecule has 3 N–H and O–H groups in total. The fourth-order valence-corrected chi connectivity index (χ4v) is 2.41. The van der Waals surface area contributed by atoms with Gasteiger partial charge in [-0.2, -0.15) is 0 Å². The van der Waals surface area contributed by atoms with Crippen LogP contribution < -0.4 is 11.1 Å². The lowest BCUT2D eigenvalue weighted by molar-refractivity contribution is 0.473. The highest BCUT2D eigenvalue weighted by Crippen LogP contribution is 2.16. The van der Waals surface area contributed by atoms with Gasteiger partial charge in [-0.25, -0.2) is 4.98 Å². The Hall–Kier alpha value is -1.61. The average Bonchev–Trinajstić information content (AvgIpc) is 2.45. The van der Waals surface area contributed by atoms with Gasteiger partial charge in [-0.15, -0.1) is 0 Å². The Morgan fingerprint density at radius 3 is 2.79 bits per heavy atom. The Bertz CT molecular complexity index is 504. The van der Waals surface area contributed by atoms with Crippen LogP contribution in [-0.2, 0) is 0 Å². The van der Waals surface area contributed by atoms with Gasteiger partial charge in [-0.05, 0) is 43.5 Å². The molecule has 102 valence electrons. The Labute approximate surface area is 115 Å². The van der Waals surface area contributed by atoms with Gasteiger partial charge in [0, 0.05) is 11.9 Å². The van der Waals surface area contributed by atoms with Crippen molar-refractivity contribution in [2.45, 2.75) is 26.2 Å². The lowest BCUT2D eigenvalue weighted by atomic mass is 10.00. The molecule has 0 saturated heterocycles. The second-order valence-corrected chi connectivity index (χ2v) is 5.00. The molecule has 0 aliphatic heterocycles. The summed E-state index contributed by atoms with van der Waals surface area (Å²) in [7, 11) is 0. The number of anilines is 1. The van der Waals surface area contributed by atoms with Crippen LogP contribution >= 0.6 is 0 Å². The van der Waals surface area contributed by atoms with Gasteiger partial charge in [0.1, 0.15) is 5.82 Å². The normalized spacial score (nSPS) is 12.5. The van der Waals surface area contributed by atoms with E-state index in [-0.39, 0.29) is 0 Å². The number of hydrogen-bond acceptors (Lipinski definition) is 3. The topological polar surface area (TPSA) is 50.9 Å². The number of pyridine rings is 1. The molecule has 0 fully saturated rings. The predicted molar refractivity (Wildman–Crippen MR) is 82.3 cm³/mol. The number of para-hydroxylation sites is 1. The van der Waals surface area contributed by atoms with Crippen LogP contribution in [-0.4, -0.2) is 18.1 Å². The Morgan fingerprint density at radius 2 is 2.00 bits per heavy atom. The molecule has 1 unspecified atom stereocenters. The van der Waals surface area contributed by atoms with E-state index in [1.165, 1.54) is 18.2 Å². The largest absolute Gasteiger partial charge is 0.370 e. The molecule has 1 atom stereocenters. The Kier molecular flexibility index (Phi) is 5.16. The first-order valence-electron chi connectivity index (χ1n) is 7.13. The van der Waals surface area contributed by atoms with E-state index in [2.05, 4.69) is 29.4 Å². The maximum atomic E-state index is 5.66. The Balaban J connectivity index is 2.00. The molecule has 0 radical (unpaired) electrons. The number of nitrogens with two attached hydrogens (primary N) is 1. The molecule has 2 rings (SSSR count). The molecular weight excluding hydrogens is 234 g/mol. The monoisotopic (exact) mass is 257 g/mol. The SMILES string of the molecule is CCCC(CCN)CNc1ccc2ccccc2n1. The number of aromatic nitrogens is 1. The zero-order valence-corrected chi connectivity index (χ0v) is 11.6. The van der Waals surface area contributed by atoms with Crippen molar-refractivity contribution < 1.29 is 0 Å². The number of hydrogen-bond donors (Lipinski definition) is 2. The second-order valence-electron chi connectivity index (χ2n) is 5.00. The third kappa shape index (κ3) is 3.93. The minimum Gasteiger partial charge on any atom is -0.370 e. The van der Waals surface area contributed by atoms with Crippen molar-refractivity contribution in [3.05, 3.63) is 36.4 Å². The summed E-state index contributed by atoms with van der Waals surface area (Å²) in [5.41, 5.74) is 6.70. The molecule has 0 saturated carbocycles. The zero-order valence-electron chi connectivity index (χ0n) is 11.6. The summed E-state index contributed by atoms with van der Waals surface area (Å²) in [6.07, 6.45) is 3.50. The summed E-state index contributed by atoms with van der Waals surface area (Å²) >= 11 is 0. The van der Waals surface area contributed by atoms with Crippen molar-refractivity contribution in [3.63, 3.8) is 0 Å². The van der Waals surface area contributed by atoms with Gasteiger partial charge in [0.05, 0.1) is 5.52 Å². The van der Waals surface area contributed by atoms with E-state index < -0.39 is 0 Å². The van der Waals surface area contributed by atoms with E-state index in [1.54, 1.807) is 0 Å². The first-order chi connectivity index (χ1) is 9.33. The summed E-state index contributed by atoms with van der Waals surface area (Å²) < 4.78 is 0. The molecule has 3 heteroatoms. The van der Waals surface area contributed by atoms with E-state index in [0.717, 1.165) is 30.8 Å². The van der Waals surface area contributed by atoms with Crippen molar-refractivity contribution in [2.75, 3.05) is 18.4 Å². The van der Waals surface area contributed by atoms with Gasteiger partial charge >= 0.3 is 0 Å². The van der Waals surface area contributed by atoms with Crippen molar-refractivity contribution >= 4 is 16.7 Å². The molecule has 19 heavy (non-hydrogen) atoms. The molecule has 0 bridgehead atoms. The molecule has 1 aromatic heterocycles. The molecule has 0 amide bonds. The van der Waals surface area contributed by atoms with Gasteiger partial charge in [-0.1, -0.05) is 31.5 Å². The highest BCUT2D eigenvalue weighted by atomic mass is 15.0. The predicted octanol–water partition coefficient (Wildman–Crippen LogP) is 3.41. The molecule has 0 aliphatic rings. The van der Waals surface area contributed by atoms with Gasteiger partial charge in [-0.3, -0.25) is 0 Å². The number of rotatable bonds is 7. The van der Waals surface area contributed by atoms with E-state index in [0.29, 0.717) is 5.92 Å². The molecule has 3 nitrogen and oxygen atoms in total. The van der Waals surface area contributed by atoms with Crippen LogP contribution in [0.2, 0.25) is 0 Å². The van der Waals surface area contributed by atoms with E-state index in [1.807, 2.05) is 24.3 Å².